The number of rotatable bonds is 1. The molecule has 4 heteroatoms. The maximum atomic E-state index is 4.60. The number of hydrogen-bond acceptors (Lipinski definition) is 3. The Balaban J connectivity index is 2.11. The molecular weight excluding hydrogens is 200 g/mol. The van der Waals surface area contributed by atoms with Crippen LogP contribution in [0.3, 0.4) is 0 Å². The number of nitrogens with one attached hydrogen (secondary N) is 2. The molecule has 1 fully saturated rings. The molecule has 1 aliphatic rings. The maximum Gasteiger partial charge on any atom is 0.178 e. The second-order valence-electron chi connectivity index (χ2n) is 4.77. The molecule has 0 aliphatic carbocycles. The zero-order valence-electron chi connectivity index (χ0n) is 9.67. The van der Waals surface area contributed by atoms with Crippen LogP contribution in [-0.2, 0) is 5.54 Å². The molecule has 0 spiro atoms. The molecule has 1 aliphatic heterocycles. The molecule has 2 aromatic heterocycles. The molecule has 0 radical (unpaired) electrons. The summed E-state index contributed by atoms with van der Waals surface area (Å²) in [4.78, 5) is 12.4. The van der Waals surface area contributed by atoms with Crippen LogP contribution in [0.25, 0.3) is 11.2 Å². The standard InChI is InChI=1S/C12H16N4/c1-8-4-5-9-10(14-8)16-11(15-9)12(2)6-3-7-13-12/h4-5,13H,3,6-7H2,1-2H3,(H,14,15,16). The number of H-pyrrole nitrogens is 1. The minimum absolute atomic E-state index is 0.00535. The number of pyridine rings is 1. The number of nitrogens with zero attached hydrogens (tertiary/aromatic N) is 2. The third-order valence-corrected chi connectivity index (χ3v) is 3.38. The van der Waals surface area contributed by atoms with E-state index in [1.165, 1.54) is 6.42 Å². The molecule has 3 rings (SSSR count). The van der Waals surface area contributed by atoms with E-state index < -0.39 is 0 Å². The zero-order valence-corrected chi connectivity index (χ0v) is 9.67. The Hall–Kier alpha value is -1.42. The van der Waals surface area contributed by atoms with Crippen molar-refractivity contribution in [1.29, 1.82) is 0 Å². The van der Waals surface area contributed by atoms with Crippen LogP contribution in [0.2, 0.25) is 0 Å². The SMILES string of the molecule is Cc1ccc2[nH]c(C3(C)CCCN3)nc2n1. The third-order valence-electron chi connectivity index (χ3n) is 3.38. The molecule has 1 atom stereocenters. The lowest BCUT2D eigenvalue weighted by Gasteiger charge is -2.20. The van der Waals surface area contributed by atoms with Gasteiger partial charge in [0, 0.05) is 5.69 Å². The molecule has 4 nitrogen and oxygen atoms in total. The van der Waals surface area contributed by atoms with Gasteiger partial charge < -0.3 is 10.3 Å². The van der Waals surface area contributed by atoms with Crippen molar-refractivity contribution in [2.75, 3.05) is 6.54 Å². The molecule has 0 amide bonds. The summed E-state index contributed by atoms with van der Waals surface area (Å²) in [5.74, 6) is 1.01. The van der Waals surface area contributed by atoms with Crippen LogP contribution in [0.1, 0.15) is 31.3 Å². The number of imidazole rings is 1. The monoisotopic (exact) mass is 216 g/mol. The number of aryl methyl sites for hydroxylation is 1. The quantitative estimate of drug-likeness (QED) is 0.765. The third kappa shape index (κ3) is 1.41. The van der Waals surface area contributed by atoms with Gasteiger partial charge in [0.2, 0.25) is 0 Å². The summed E-state index contributed by atoms with van der Waals surface area (Å²) in [5.41, 5.74) is 2.85. The number of fused-ring (bicyclic) bond motifs is 1. The van der Waals surface area contributed by atoms with Crippen molar-refractivity contribution in [2.45, 2.75) is 32.2 Å². The van der Waals surface area contributed by atoms with Crippen LogP contribution < -0.4 is 5.32 Å². The van der Waals surface area contributed by atoms with Crippen LogP contribution >= 0.6 is 0 Å². The highest BCUT2D eigenvalue weighted by Gasteiger charge is 2.33. The van der Waals surface area contributed by atoms with Crippen molar-refractivity contribution in [3.05, 3.63) is 23.7 Å². The van der Waals surface area contributed by atoms with E-state index in [0.29, 0.717) is 0 Å². The van der Waals surface area contributed by atoms with Gasteiger partial charge in [-0.1, -0.05) is 0 Å². The molecule has 0 saturated carbocycles. The number of aromatic amines is 1. The highest BCUT2D eigenvalue weighted by Crippen LogP contribution is 2.29. The summed E-state index contributed by atoms with van der Waals surface area (Å²) >= 11 is 0. The molecule has 3 heterocycles. The lowest BCUT2D eigenvalue weighted by atomic mass is 10.00. The summed E-state index contributed by atoms with van der Waals surface area (Å²) in [5, 5.41) is 3.50. The molecule has 84 valence electrons. The lowest BCUT2D eigenvalue weighted by Crippen LogP contribution is -2.34. The van der Waals surface area contributed by atoms with E-state index in [0.717, 1.165) is 35.6 Å². The highest BCUT2D eigenvalue weighted by molar-refractivity contribution is 5.70. The Morgan fingerprint density at radius 2 is 2.19 bits per heavy atom. The van der Waals surface area contributed by atoms with Gasteiger partial charge in [0.1, 0.15) is 5.82 Å². The van der Waals surface area contributed by atoms with Crippen molar-refractivity contribution in [3.63, 3.8) is 0 Å². The molecule has 2 N–H and O–H groups in total. The maximum absolute atomic E-state index is 4.60. The summed E-state index contributed by atoms with van der Waals surface area (Å²) in [6, 6.07) is 4.06. The summed E-state index contributed by atoms with van der Waals surface area (Å²) < 4.78 is 0. The average molecular weight is 216 g/mol. The van der Waals surface area contributed by atoms with E-state index in [2.05, 4.69) is 27.2 Å². The van der Waals surface area contributed by atoms with Crippen LogP contribution in [0, 0.1) is 6.92 Å². The molecule has 1 unspecified atom stereocenters. The minimum atomic E-state index is -0.00535. The molecule has 16 heavy (non-hydrogen) atoms. The number of hydrogen-bond donors (Lipinski definition) is 2. The van der Waals surface area contributed by atoms with Gasteiger partial charge >= 0.3 is 0 Å². The Morgan fingerprint density at radius 1 is 1.31 bits per heavy atom. The molecular formula is C12H16N4. The van der Waals surface area contributed by atoms with Gasteiger partial charge in [0.25, 0.3) is 0 Å². The Labute approximate surface area is 94.5 Å². The Kier molecular flexibility index (Phi) is 2.01. The fourth-order valence-corrected chi connectivity index (χ4v) is 2.35. The minimum Gasteiger partial charge on any atom is -0.339 e. The highest BCUT2D eigenvalue weighted by atomic mass is 15.1. The van der Waals surface area contributed by atoms with Crippen LogP contribution in [0.5, 0.6) is 0 Å². The summed E-state index contributed by atoms with van der Waals surface area (Å²) in [7, 11) is 0. The normalized spacial score (nSPS) is 25.4. The van der Waals surface area contributed by atoms with E-state index in [1.54, 1.807) is 0 Å². The van der Waals surface area contributed by atoms with Crippen LogP contribution in [0.15, 0.2) is 12.1 Å². The van der Waals surface area contributed by atoms with Crippen molar-refractivity contribution >= 4 is 11.2 Å². The van der Waals surface area contributed by atoms with E-state index in [-0.39, 0.29) is 5.54 Å². The predicted octanol–water partition coefficient (Wildman–Crippen LogP) is 1.86. The smallest absolute Gasteiger partial charge is 0.178 e. The first kappa shape index (κ1) is 9.78. The Morgan fingerprint density at radius 3 is 2.94 bits per heavy atom. The van der Waals surface area contributed by atoms with Gasteiger partial charge in [-0.3, -0.25) is 0 Å². The average Bonchev–Trinajstić information content (AvgIpc) is 2.84. The first-order chi connectivity index (χ1) is 7.67. The topological polar surface area (TPSA) is 53.6 Å². The second-order valence-corrected chi connectivity index (χ2v) is 4.77. The van der Waals surface area contributed by atoms with E-state index in [1.807, 2.05) is 19.1 Å². The van der Waals surface area contributed by atoms with E-state index in [9.17, 15) is 0 Å². The van der Waals surface area contributed by atoms with E-state index in [4.69, 9.17) is 0 Å². The largest absolute Gasteiger partial charge is 0.339 e. The van der Waals surface area contributed by atoms with Gasteiger partial charge in [-0.15, -0.1) is 0 Å². The predicted molar refractivity (Wildman–Crippen MR) is 63.2 cm³/mol. The summed E-state index contributed by atoms with van der Waals surface area (Å²) in [6.07, 6.45) is 2.34. The van der Waals surface area contributed by atoms with Crippen molar-refractivity contribution in [2.24, 2.45) is 0 Å². The molecule has 2 aromatic rings. The van der Waals surface area contributed by atoms with Crippen molar-refractivity contribution < 1.29 is 0 Å². The van der Waals surface area contributed by atoms with Crippen molar-refractivity contribution in [1.82, 2.24) is 20.3 Å². The first-order valence-corrected chi connectivity index (χ1v) is 5.76. The second kappa shape index (κ2) is 3.28. The van der Waals surface area contributed by atoms with Gasteiger partial charge in [-0.05, 0) is 45.4 Å². The van der Waals surface area contributed by atoms with Gasteiger partial charge in [-0.2, -0.15) is 0 Å². The molecule has 1 saturated heterocycles. The number of aromatic nitrogens is 3. The summed E-state index contributed by atoms with van der Waals surface area (Å²) in [6.45, 7) is 5.26. The zero-order chi connectivity index (χ0) is 11.2. The van der Waals surface area contributed by atoms with Gasteiger partial charge in [0.15, 0.2) is 5.65 Å². The van der Waals surface area contributed by atoms with Gasteiger partial charge in [0.05, 0.1) is 11.1 Å². The molecule has 0 bridgehead atoms. The fourth-order valence-electron chi connectivity index (χ4n) is 2.35. The fraction of sp³-hybridized carbons (Fsp3) is 0.500. The molecule has 0 aromatic carbocycles. The van der Waals surface area contributed by atoms with Crippen molar-refractivity contribution in [3.8, 4) is 0 Å². The van der Waals surface area contributed by atoms with E-state index >= 15 is 0 Å². The van der Waals surface area contributed by atoms with Crippen LogP contribution in [-0.4, -0.2) is 21.5 Å². The Bertz CT molecular complexity index is 523. The van der Waals surface area contributed by atoms with Crippen LogP contribution in [0.4, 0.5) is 0 Å². The van der Waals surface area contributed by atoms with Gasteiger partial charge in [-0.25, -0.2) is 9.97 Å². The first-order valence-electron chi connectivity index (χ1n) is 5.76. The lowest BCUT2D eigenvalue weighted by molar-refractivity contribution is 0.412.